The number of hydrogen-bond acceptors (Lipinski definition) is 6. The van der Waals surface area contributed by atoms with Crippen LogP contribution in [0.4, 0.5) is 9.18 Å². The lowest BCUT2D eigenvalue weighted by molar-refractivity contribution is 0.0858. The Bertz CT molecular complexity index is 1690. The van der Waals surface area contributed by atoms with Crippen LogP contribution in [0.25, 0.3) is 33.7 Å². The van der Waals surface area contributed by atoms with E-state index in [2.05, 4.69) is 25.0 Å². The molecule has 5 heterocycles. The van der Waals surface area contributed by atoms with Gasteiger partial charge < -0.3 is 10.0 Å². The van der Waals surface area contributed by atoms with Crippen molar-refractivity contribution in [1.29, 1.82) is 0 Å². The number of halogens is 2. The first-order valence-corrected chi connectivity index (χ1v) is 11.7. The summed E-state index contributed by atoms with van der Waals surface area (Å²) in [5.74, 6) is -0.0430. The fourth-order valence-corrected chi connectivity index (χ4v) is 5.04. The maximum atomic E-state index is 14.3. The number of benzene rings is 1. The normalized spacial score (nSPS) is 14.1. The van der Waals surface area contributed by atoms with Crippen molar-refractivity contribution < 1.29 is 14.3 Å². The van der Waals surface area contributed by atoms with Crippen LogP contribution in [-0.4, -0.2) is 63.5 Å². The summed E-state index contributed by atoms with van der Waals surface area (Å²) in [5.41, 5.74) is 1.95. The Labute approximate surface area is 209 Å². The van der Waals surface area contributed by atoms with Gasteiger partial charge in [0.15, 0.2) is 17.1 Å². The van der Waals surface area contributed by atoms with Crippen LogP contribution >= 0.6 is 22.6 Å². The van der Waals surface area contributed by atoms with Crippen molar-refractivity contribution >= 4 is 50.9 Å². The number of carbonyl (C=O) groups is 1. The molecule has 2 N–H and O–H groups in total. The molecule has 1 saturated heterocycles. The number of nitrogens with one attached hydrogen (secondary N) is 1. The van der Waals surface area contributed by atoms with E-state index >= 15 is 0 Å². The Morgan fingerprint density at radius 2 is 2.00 bits per heavy atom. The number of fused-ring (bicyclic) bond motifs is 2. The average molecular weight is 586 g/mol. The van der Waals surface area contributed by atoms with Gasteiger partial charge in [-0.15, -0.1) is 0 Å². The summed E-state index contributed by atoms with van der Waals surface area (Å²) in [6.45, 7) is 0.613. The third-order valence-corrected chi connectivity index (χ3v) is 6.77. The zero-order valence-electron chi connectivity index (χ0n) is 17.9. The number of rotatable bonds is 4. The van der Waals surface area contributed by atoms with Crippen molar-refractivity contribution in [2.45, 2.75) is 12.6 Å². The van der Waals surface area contributed by atoms with Crippen molar-refractivity contribution in [2.24, 2.45) is 0 Å². The van der Waals surface area contributed by atoms with E-state index in [1.54, 1.807) is 35.1 Å². The first kappa shape index (κ1) is 21.6. The maximum absolute atomic E-state index is 14.3. The van der Waals surface area contributed by atoms with E-state index in [0.29, 0.717) is 43.0 Å². The van der Waals surface area contributed by atoms with E-state index in [1.807, 2.05) is 28.7 Å². The molecule has 0 saturated carbocycles. The third kappa shape index (κ3) is 3.53. The summed E-state index contributed by atoms with van der Waals surface area (Å²) in [4.78, 5) is 41.4. The quantitative estimate of drug-likeness (QED) is 0.244. The number of amides is 1. The van der Waals surface area contributed by atoms with Gasteiger partial charge in [-0.1, -0.05) is 18.2 Å². The highest BCUT2D eigenvalue weighted by Gasteiger charge is 2.35. The van der Waals surface area contributed by atoms with Crippen LogP contribution in [-0.2, 0) is 6.54 Å². The number of aromatic amines is 1. The largest absolute Gasteiger partial charge is 0.465 e. The first-order valence-electron chi connectivity index (χ1n) is 10.6. The smallest absolute Gasteiger partial charge is 0.407 e. The summed E-state index contributed by atoms with van der Waals surface area (Å²) in [6, 6.07) is 9.80. The molecule has 176 valence electrons. The van der Waals surface area contributed by atoms with Crippen LogP contribution in [0.2, 0.25) is 0 Å². The summed E-state index contributed by atoms with van der Waals surface area (Å²) < 4.78 is 17.9. The minimum atomic E-state index is -1.02. The van der Waals surface area contributed by atoms with E-state index in [-0.39, 0.29) is 37.2 Å². The summed E-state index contributed by atoms with van der Waals surface area (Å²) >= 11 is 2.03. The number of pyridine rings is 1. The van der Waals surface area contributed by atoms with Gasteiger partial charge in [-0.05, 0) is 40.8 Å². The molecular weight excluding hydrogens is 570 g/mol. The first-order chi connectivity index (χ1) is 16.9. The standard InChI is InChI=1S/C22H16FIN8O3/c23-14-6-2-1-4-11(14)8-31-20-13(5-3-7-25-20)15(29-31)18-26-17(24)16-19(27-18)28-21(33)32(16)12-9-30(10-12)22(34)35/h1-7,12H,8-10H2,(H,34,35)(H,26,27,28,33). The van der Waals surface area contributed by atoms with Crippen molar-refractivity contribution in [2.75, 3.05) is 13.1 Å². The van der Waals surface area contributed by atoms with Gasteiger partial charge in [0.1, 0.15) is 20.7 Å². The minimum Gasteiger partial charge on any atom is -0.465 e. The molecule has 0 spiro atoms. The molecule has 0 atom stereocenters. The number of aromatic nitrogens is 7. The molecule has 1 amide bonds. The molecule has 0 radical (unpaired) electrons. The number of imidazole rings is 1. The van der Waals surface area contributed by atoms with Crippen molar-refractivity contribution in [3.8, 4) is 11.5 Å². The molecule has 35 heavy (non-hydrogen) atoms. The fourth-order valence-electron chi connectivity index (χ4n) is 4.29. The van der Waals surface area contributed by atoms with Crippen LogP contribution < -0.4 is 5.69 Å². The Balaban J connectivity index is 1.45. The van der Waals surface area contributed by atoms with Gasteiger partial charge in [0.25, 0.3) is 0 Å². The molecule has 1 aliphatic rings. The highest BCUT2D eigenvalue weighted by Crippen LogP contribution is 2.29. The summed E-state index contributed by atoms with van der Waals surface area (Å²) in [7, 11) is 0. The Hall–Kier alpha value is -3.88. The van der Waals surface area contributed by atoms with Crippen LogP contribution in [0.15, 0.2) is 47.4 Å². The van der Waals surface area contributed by atoms with Crippen LogP contribution in [0, 0.1) is 9.52 Å². The maximum Gasteiger partial charge on any atom is 0.407 e. The van der Waals surface area contributed by atoms with Gasteiger partial charge in [0.05, 0.1) is 18.0 Å². The summed E-state index contributed by atoms with van der Waals surface area (Å²) in [6.07, 6.45) is 0.615. The second-order valence-electron chi connectivity index (χ2n) is 8.15. The highest BCUT2D eigenvalue weighted by molar-refractivity contribution is 14.1. The van der Waals surface area contributed by atoms with E-state index in [9.17, 15) is 14.0 Å². The lowest BCUT2D eigenvalue weighted by Crippen LogP contribution is -2.52. The molecule has 13 heteroatoms. The predicted octanol–water partition coefficient (Wildman–Crippen LogP) is 2.86. The average Bonchev–Trinajstić information content (AvgIpc) is 3.32. The van der Waals surface area contributed by atoms with Gasteiger partial charge in [-0.25, -0.2) is 33.6 Å². The van der Waals surface area contributed by atoms with Crippen molar-refractivity contribution in [3.63, 3.8) is 0 Å². The number of likely N-dealkylation sites (tertiary alicyclic amines) is 1. The van der Waals surface area contributed by atoms with Crippen LogP contribution in [0.5, 0.6) is 0 Å². The van der Waals surface area contributed by atoms with Gasteiger partial charge in [-0.3, -0.25) is 9.55 Å². The van der Waals surface area contributed by atoms with E-state index in [1.165, 1.54) is 15.5 Å². The topological polar surface area (TPSA) is 135 Å². The lowest BCUT2D eigenvalue weighted by Gasteiger charge is -2.37. The van der Waals surface area contributed by atoms with Gasteiger partial charge in [0, 0.05) is 24.8 Å². The minimum absolute atomic E-state index is 0.175. The monoisotopic (exact) mass is 586 g/mol. The molecule has 0 bridgehead atoms. The summed E-state index contributed by atoms with van der Waals surface area (Å²) in [5, 5.41) is 14.5. The number of carboxylic acid groups (broad SMARTS) is 1. The Morgan fingerprint density at radius 3 is 2.77 bits per heavy atom. The second-order valence-corrected chi connectivity index (χ2v) is 9.17. The SMILES string of the molecule is O=C(O)N1CC(n2c(=O)[nH]c3nc(-c4nn(Cc5ccccc5F)c5ncccc45)nc(I)c32)C1. The van der Waals surface area contributed by atoms with E-state index in [4.69, 9.17) is 5.11 Å². The molecular formula is C22H16FIN8O3. The zero-order chi connectivity index (χ0) is 24.3. The molecule has 1 aliphatic heterocycles. The van der Waals surface area contributed by atoms with Crippen LogP contribution in [0.3, 0.4) is 0 Å². The number of H-pyrrole nitrogens is 1. The van der Waals surface area contributed by atoms with Gasteiger partial charge in [0.2, 0.25) is 0 Å². The Morgan fingerprint density at radius 1 is 1.20 bits per heavy atom. The molecule has 1 fully saturated rings. The lowest BCUT2D eigenvalue weighted by atomic mass is 10.1. The van der Waals surface area contributed by atoms with Gasteiger partial charge >= 0.3 is 11.8 Å². The zero-order valence-corrected chi connectivity index (χ0v) is 20.0. The number of nitrogens with zero attached hydrogens (tertiary/aromatic N) is 7. The van der Waals surface area contributed by atoms with E-state index < -0.39 is 6.09 Å². The molecule has 0 aliphatic carbocycles. The third-order valence-electron chi connectivity index (χ3n) is 6.02. The molecule has 5 aromatic rings. The van der Waals surface area contributed by atoms with Crippen LogP contribution in [0.1, 0.15) is 11.6 Å². The molecule has 4 aromatic heterocycles. The van der Waals surface area contributed by atoms with E-state index in [0.717, 1.165) is 0 Å². The molecule has 6 rings (SSSR count). The predicted molar refractivity (Wildman–Crippen MR) is 132 cm³/mol. The fraction of sp³-hybridized carbons (Fsp3) is 0.182. The van der Waals surface area contributed by atoms with Crippen molar-refractivity contribution in [3.05, 3.63) is 68.2 Å². The molecule has 1 aromatic carbocycles. The number of hydrogen-bond donors (Lipinski definition) is 2. The highest BCUT2D eigenvalue weighted by atomic mass is 127. The molecule has 11 nitrogen and oxygen atoms in total. The Kier molecular flexibility index (Phi) is 5.01. The molecule has 0 unspecified atom stereocenters. The van der Waals surface area contributed by atoms with Crippen molar-refractivity contribution in [1.82, 2.24) is 39.2 Å². The second kappa shape index (κ2) is 8.11. The van der Waals surface area contributed by atoms with Gasteiger partial charge in [-0.2, -0.15) is 5.10 Å².